The molecule has 24 heavy (non-hydrogen) atoms. The number of benzene rings is 1. The fourth-order valence-corrected chi connectivity index (χ4v) is 3.03. The largest absolute Gasteiger partial charge is 0.385 e. The number of imide groups is 1. The molecule has 2 N–H and O–H groups in total. The van der Waals surface area contributed by atoms with Crippen molar-refractivity contribution in [2.45, 2.75) is 18.4 Å². The van der Waals surface area contributed by atoms with E-state index in [9.17, 15) is 23.9 Å². The Morgan fingerprint density at radius 3 is 2.38 bits per heavy atom. The predicted octanol–water partition coefficient (Wildman–Crippen LogP) is 0.188. The van der Waals surface area contributed by atoms with E-state index >= 15 is 0 Å². The van der Waals surface area contributed by atoms with Crippen LogP contribution in [0.4, 0.5) is 9.18 Å². The van der Waals surface area contributed by atoms with Crippen molar-refractivity contribution in [3.8, 4) is 0 Å². The highest BCUT2D eigenvalue weighted by Gasteiger charge is 2.37. The Balaban J connectivity index is 1.60. The van der Waals surface area contributed by atoms with E-state index < -0.39 is 17.5 Å². The van der Waals surface area contributed by atoms with Crippen molar-refractivity contribution in [3.05, 3.63) is 35.6 Å². The van der Waals surface area contributed by atoms with E-state index in [0.29, 0.717) is 31.5 Å². The highest BCUT2D eigenvalue weighted by atomic mass is 19.1. The minimum Gasteiger partial charge on any atom is -0.385 e. The molecule has 0 unspecified atom stereocenters. The molecule has 7 nitrogen and oxygen atoms in total. The molecule has 1 aromatic rings. The maximum absolute atomic E-state index is 13.0. The predicted molar refractivity (Wildman–Crippen MR) is 81.2 cm³/mol. The second-order valence-corrected chi connectivity index (χ2v) is 6.06. The van der Waals surface area contributed by atoms with Gasteiger partial charge in [0.25, 0.3) is 5.91 Å². The van der Waals surface area contributed by atoms with Crippen LogP contribution >= 0.6 is 0 Å². The maximum atomic E-state index is 13.0. The van der Waals surface area contributed by atoms with Crippen LogP contribution in [-0.4, -0.2) is 58.9 Å². The number of aliphatic hydroxyl groups is 1. The van der Waals surface area contributed by atoms with Gasteiger partial charge in [0.15, 0.2) is 0 Å². The highest BCUT2D eigenvalue weighted by Crippen LogP contribution is 2.32. The molecule has 0 radical (unpaired) electrons. The van der Waals surface area contributed by atoms with Gasteiger partial charge in [-0.25, -0.2) is 9.18 Å². The molecule has 4 amide bonds. The summed E-state index contributed by atoms with van der Waals surface area (Å²) >= 11 is 0. The number of nitrogens with zero attached hydrogens (tertiary/aromatic N) is 2. The van der Waals surface area contributed by atoms with E-state index in [-0.39, 0.29) is 24.8 Å². The van der Waals surface area contributed by atoms with Crippen molar-refractivity contribution < 1.29 is 23.9 Å². The molecular weight excluding hydrogens is 317 g/mol. The normalized spacial score (nSPS) is 20.2. The van der Waals surface area contributed by atoms with Crippen LogP contribution in [0.1, 0.15) is 18.4 Å². The summed E-state index contributed by atoms with van der Waals surface area (Å²) in [5.41, 5.74) is -0.490. The van der Waals surface area contributed by atoms with Gasteiger partial charge in [0, 0.05) is 13.1 Å². The molecule has 2 aliphatic heterocycles. The summed E-state index contributed by atoms with van der Waals surface area (Å²) in [6.45, 7) is 0.225. The van der Waals surface area contributed by atoms with Gasteiger partial charge in [-0.3, -0.25) is 14.5 Å². The van der Waals surface area contributed by atoms with Gasteiger partial charge >= 0.3 is 6.03 Å². The lowest BCUT2D eigenvalue weighted by Gasteiger charge is -2.38. The average Bonchev–Trinajstić information content (AvgIpc) is 2.88. The van der Waals surface area contributed by atoms with Gasteiger partial charge in [0.1, 0.15) is 12.4 Å². The standard InChI is InChI=1S/C16H18FN3O4/c17-12-3-1-11(2-4-12)16(24)5-7-19(8-6-16)14(22)10-20-13(21)9-18-15(20)23/h1-4,24H,5-10H2,(H,18,23). The lowest BCUT2D eigenvalue weighted by molar-refractivity contribution is -0.139. The van der Waals surface area contributed by atoms with Gasteiger partial charge in [-0.15, -0.1) is 0 Å². The number of rotatable bonds is 3. The van der Waals surface area contributed by atoms with Crippen molar-refractivity contribution in [1.29, 1.82) is 0 Å². The van der Waals surface area contributed by atoms with Crippen molar-refractivity contribution in [3.63, 3.8) is 0 Å². The first-order chi connectivity index (χ1) is 11.4. The van der Waals surface area contributed by atoms with E-state index in [1.807, 2.05) is 0 Å². The van der Waals surface area contributed by atoms with Crippen LogP contribution in [0.15, 0.2) is 24.3 Å². The molecule has 3 rings (SSSR count). The van der Waals surface area contributed by atoms with Crippen LogP contribution in [0.25, 0.3) is 0 Å². The minimum atomic E-state index is -1.11. The Morgan fingerprint density at radius 2 is 1.83 bits per heavy atom. The van der Waals surface area contributed by atoms with Gasteiger partial charge in [-0.05, 0) is 30.5 Å². The quantitative estimate of drug-likeness (QED) is 0.772. The average molecular weight is 335 g/mol. The number of piperidine rings is 1. The SMILES string of the molecule is O=C(CN1C(=O)CNC1=O)N1CCC(O)(c2ccc(F)cc2)CC1. The number of carbonyl (C=O) groups is 3. The maximum Gasteiger partial charge on any atom is 0.325 e. The van der Waals surface area contributed by atoms with E-state index in [4.69, 9.17) is 0 Å². The van der Waals surface area contributed by atoms with E-state index in [1.54, 1.807) is 12.1 Å². The lowest BCUT2D eigenvalue weighted by atomic mass is 9.84. The molecular formula is C16H18FN3O4. The summed E-state index contributed by atoms with van der Waals surface area (Å²) in [6, 6.07) is 5.11. The molecule has 8 heteroatoms. The van der Waals surface area contributed by atoms with E-state index in [1.165, 1.54) is 17.0 Å². The Kier molecular flexibility index (Phi) is 4.23. The number of nitrogens with one attached hydrogen (secondary N) is 1. The smallest absolute Gasteiger partial charge is 0.325 e. The fourth-order valence-electron chi connectivity index (χ4n) is 3.03. The Labute approximate surface area is 138 Å². The first-order valence-corrected chi connectivity index (χ1v) is 7.73. The molecule has 1 aromatic carbocycles. The van der Waals surface area contributed by atoms with Crippen LogP contribution in [0, 0.1) is 5.82 Å². The van der Waals surface area contributed by atoms with Crippen LogP contribution in [-0.2, 0) is 15.2 Å². The molecule has 2 fully saturated rings. The van der Waals surface area contributed by atoms with Crippen LogP contribution in [0.3, 0.4) is 0 Å². The van der Waals surface area contributed by atoms with Gasteiger partial charge in [-0.2, -0.15) is 0 Å². The van der Waals surface area contributed by atoms with Crippen molar-refractivity contribution >= 4 is 17.8 Å². The Morgan fingerprint density at radius 1 is 1.21 bits per heavy atom. The van der Waals surface area contributed by atoms with E-state index in [0.717, 1.165) is 4.90 Å². The second-order valence-electron chi connectivity index (χ2n) is 6.06. The van der Waals surface area contributed by atoms with Crippen molar-refractivity contribution in [1.82, 2.24) is 15.1 Å². The number of urea groups is 1. The molecule has 0 saturated carbocycles. The third-order valence-corrected chi connectivity index (χ3v) is 4.56. The monoisotopic (exact) mass is 335 g/mol. The molecule has 2 heterocycles. The molecule has 0 bridgehead atoms. The number of hydrogen-bond donors (Lipinski definition) is 2. The molecule has 0 aromatic heterocycles. The molecule has 2 aliphatic rings. The minimum absolute atomic E-state index is 0.0869. The fraction of sp³-hybridized carbons (Fsp3) is 0.438. The first kappa shape index (κ1) is 16.4. The summed E-state index contributed by atoms with van der Waals surface area (Å²) < 4.78 is 13.0. The van der Waals surface area contributed by atoms with Crippen molar-refractivity contribution in [2.75, 3.05) is 26.2 Å². The van der Waals surface area contributed by atoms with Gasteiger partial charge in [0.05, 0.1) is 12.1 Å². The summed E-state index contributed by atoms with van der Waals surface area (Å²) in [5, 5.41) is 13.1. The zero-order valence-electron chi connectivity index (χ0n) is 13.0. The van der Waals surface area contributed by atoms with Crippen LogP contribution < -0.4 is 5.32 Å². The van der Waals surface area contributed by atoms with Gasteiger partial charge in [0.2, 0.25) is 5.91 Å². The molecule has 2 saturated heterocycles. The highest BCUT2D eigenvalue weighted by molar-refractivity contribution is 6.04. The van der Waals surface area contributed by atoms with Gasteiger partial charge in [-0.1, -0.05) is 12.1 Å². The van der Waals surface area contributed by atoms with Crippen molar-refractivity contribution in [2.24, 2.45) is 0 Å². The topological polar surface area (TPSA) is 90.0 Å². The van der Waals surface area contributed by atoms with E-state index in [2.05, 4.69) is 5.32 Å². The van der Waals surface area contributed by atoms with Crippen LogP contribution in [0.2, 0.25) is 0 Å². The third kappa shape index (κ3) is 3.09. The summed E-state index contributed by atoms with van der Waals surface area (Å²) in [5.74, 6) is -1.13. The van der Waals surface area contributed by atoms with Gasteiger partial charge < -0.3 is 15.3 Å². The first-order valence-electron chi connectivity index (χ1n) is 7.73. The number of hydrogen-bond acceptors (Lipinski definition) is 4. The molecule has 0 aliphatic carbocycles. The lowest BCUT2D eigenvalue weighted by Crippen LogP contribution is -2.49. The molecule has 0 atom stereocenters. The third-order valence-electron chi connectivity index (χ3n) is 4.56. The summed E-state index contributed by atoms with van der Waals surface area (Å²) in [7, 11) is 0. The van der Waals surface area contributed by atoms with Crippen LogP contribution in [0.5, 0.6) is 0 Å². The summed E-state index contributed by atoms with van der Waals surface area (Å²) in [4.78, 5) is 37.7. The molecule has 0 spiro atoms. The Hall–Kier alpha value is -2.48. The summed E-state index contributed by atoms with van der Waals surface area (Å²) in [6.07, 6.45) is 0.620. The number of halogens is 1. The number of carbonyl (C=O) groups excluding carboxylic acids is 3. The number of likely N-dealkylation sites (tertiary alicyclic amines) is 1. The zero-order valence-corrected chi connectivity index (χ0v) is 13.0. The zero-order chi connectivity index (χ0) is 17.3. The number of amides is 4. The molecule has 128 valence electrons. The Bertz CT molecular complexity index is 652. The second kappa shape index (κ2) is 6.20.